The van der Waals surface area contributed by atoms with Crippen molar-refractivity contribution in [2.24, 2.45) is 16.8 Å². The largest absolute Gasteiger partial charge is 0.354 e. The van der Waals surface area contributed by atoms with Gasteiger partial charge in [0.25, 0.3) is 0 Å². The molecule has 7 heteroatoms. The van der Waals surface area contributed by atoms with Crippen LogP contribution in [0.3, 0.4) is 0 Å². The lowest BCUT2D eigenvalue weighted by molar-refractivity contribution is 0.163. The summed E-state index contributed by atoms with van der Waals surface area (Å²) in [5.41, 5.74) is 0. The Labute approximate surface area is 147 Å². The Bertz CT molecular complexity index is 523. The molecule has 1 unspecified atom stereocenters. The summed E-state index contributed by atoms with van der Waals surface area (Å²) < 4.78 is 23.2. The van der Waals surface area contributed by atoms with E-state index in [2.05, 4.69) is 42.8 Å². The molecule has 0 aromatic heterocycles. The molecular weight excluding hydrogens is 324 g/mol. The predicted octanol–water partition coefficient (Wildman–Crippen LogP) is 1.05. The Morgan fingerprint density at radius 3 is 2.33 bits per heavy atom. The van der Waals surface area contributed by atoms with Gasteiger partial charge in [-0.05, 0) is 32.1 Å². The summed E-state index contributed by atoms with van der Waals surface area (Å²) in [6.07, 6.45) is 0.753. The summed E-state index contributed by atoms with van der Waals surface area (Å²) >= 11 is 0. The smallest absolute Gasteiger partial charge is 0.194 e. The van der Waals surface area contributed by atoms with Crippen LogP contribution in [0.5, 0.6) is 0 Å². The molecule has 2 aliphatic rings. The maximum atomic E-state index is 11.6. The van der Waals surface area contributed by atoms with Crippen molar-refractivity contribution in [3.05, 3.63) is 0 Å². The number of hydrogen-bond donors (Lipinski definition) is 1. The van der Waals surface area contributed by atoms with Gasteiger partial charge in [0.2, 0.25) is 0 Å². The molecule has 0 amide bonds. The highest BCUT2D eigenvalue weighted by Crippen LogP contribution is 2.18. The van der Waals surface area contributed by atoms with Gasteiger partial charge < -0.3 is 10.2 Å². The third-order valence-electron chi connectivity index (χ3n) is 4.54. The van der Waals surface area contributed by atoms with Crippen LogP contribution in [0.4, 0.5) is 0 Å². The number of sulfone groups is 1. The van der Waals surface area contributed by atoms with E-state index < -0.39 is 9.84 Å². The SMILES string of the molecule is CC(C)CN1CCN(C(=NCC2CCS(=O)(=O)C2)NC(C)C)CC1. The molecule has 2 aliphatic heterocycles. The van der Waals surface area contributed by atoms with E-state index in [4.69, 9.17) is 4.99 Å². The van der Waals surface area contributed by atoms with Crippen LogP contribution in [-0.2, 0) is 9.84 Å². The minimum atomic E-state index is -2.82. The van der Waals surface area contributed by atoms with E-state index in [1.807, 2.05) is 0 Å². The molecule has 6 nitrogen and oxygen atoms in total. The van der Waals surface area contributed by atoms with E-state index in [-0.39, 0.29) is 5.92 Å². The first-order valence-electron chi connectivity index (χ1n) is 9.24. The Morgan fingerprint density at radius 2 is 1.83 bits per heavy atom. The number of guanidine groups is 1. The van der Waals surface area contributed by atoms with Crippen molar-refractivity contribution < 1.29 is 8.42 Å². The zero-order valence-electron chi connectivity index (χ0n) is 15.7. The standard InChI is InChI=1S/C17H34N4O2S/c1-14(2)12-20-6-8-21(9-7-20)17(19-15(3)4)18-11-16-5-10-24(22,23)13-16/h14-16H,5-13H2,1-4H3,(H,18,19). The molecule has 1 N–H and O–H groups in total. The second-order valence-corrected chi connectivity index (χ2v) is 10.1. The Balaban J connectivity index is 1.92. The van der Waals surface area contributed by atoms with Crippen molar-refractivity contribution in [1.82, 2.24) is 15.1 Å². The van der Waals surface area contributed by atoms with E-state index in [1.54, 1.807) is 0 Å². The van der Waals surface area contributed by atoms with Crippen molar-refractivity contribution in [3.63, 3.8) is 0 Å². The average molecular weight is 359 g/mol. The van der Waals surface area contributed by atoms with E-state index in [1.165, 1.54) is 0 Å². The van der Waals surface area contributed by atoms with Gasteiger partial charge in [0.05, 0.1) is 11.5 Å². The van der Waals surface area contributed by atoms with Gasteiger partial charge >= 0.3 is 0 Å². The van der Waals surface area contributed by atoms with Crippen molar-refractivity contribution in [1.29, 1.82) is 0 Å². The Kier molecular flexibility index (Phi) is 6.92. The number of piperazine rings is 1. The van der Waals surface area contributed by atoms with Crippen LogP contribution < -0.4 is 5.32 Å². The van der Waals surface area contributed by atoms with Gasteiger partial charge in [-0.2, -0.15) is 0 Å². The number of rotatable bonds is 5. The molecule has 140 valence electrons. The van der Waals surface area contributed by atoms with E-state index in [0.29, 0.717) is 30.0 Å². The summed E-state index contributed by atoms with van der Waals surface area (Å²) in [5.74, 6) is 2.45. The van der Waals surface area contributed by atoms with Gasteiger partial charge in [-0.1, -0.05) is 13.8 Å². The lowest BCUT2D eigenvalue weighted by Gasteiger charge is -2.37. The predicted molar refractivity (Wildman–Crippen MR) is 100 cm³/mol. The van der Waals surface area contributed by atoms with Gasteiger partial charge in [0.1, 0.15) is 0 Å². The van der Waals surface area contributed by atoms with Crippen LogP contribution in [0.1, 0.15) is 34.1 Å². The normalized spacial score (nSPS) is 25.7. The Hall–Kier alpha value is -0.820. The summed E-state index contributed by atoms with van der Waals surface area (Å²) in [7, 11) is -2.82. The maximum Gasteiger partial charge on any atom is 0.194 e. The van der Waals surface area contributed by atoms with Crippen LogP contribution in [0, 0.1) is 11.8 Å². The van der Waals surface area contributed by atoms with Gasteiger partial charge in [-0.3, -0.25) is 9.89 Å². The van der Waals surface area contributed by atoms with E-state index in [0.717, 1.165) is 45.1 Å². The highest BCUT2D eigenvalue weighted by atomic mass is 32.2. The fourth-order valence-electron chi connectivity index (χ4n) is 3.39. The van der Waals surface area contributed by atoms with Crippen LogP contribution in [-0.4, -0.2) is 81.0 Å². The summed E-state index contributed by atoms with van der Waals surface area (Å²) in [6.45, 7) is 14.6. The summed E-state index contributed by atoms with van der Waals surface area (Å²) in [6, 6.07) is 0.324. The zero-order chi connectivity index (χ0) is 17.7. The van der Waals surface area contributed by atoms with Crippen molar-refractivity contribution >= 4 is 15.8 Å². The van der Waals surface area contributed by atoms with Crippen LogP contribution >= 0.6 is 0 Å². The van der Waals surface area contributed by atoms with Gasteiger partial charge in [0.15, 0.2) is 15.8 Å². The first-order valence-corrected chi connectivity index (χ1v) is 11.1. The lowest BCUT2D eigenvalue weighted by Crippen LogP contribution is -2.54. The molecule has 2 heterocycles. The maximum absolute atomic E-state index is 11.6. The van der Waals surface area contributed by atoms with Gasteiger partial charge in [-0.15, -0.1) is 0 Å². The monoisotopic (exact) mass is 358 g/mol. The van der Waals surface area contributed by atoms with Crippen LogP contribution in [0.25, 0.3) is 0 Å². The first kappa shape index (κ1) is 19.5. The molecule has 0 saturated carbocycles. The molecule has 0 radical (unpaired) electrons. The van der Waals surface area contributed by atoms with Crippen molar-refractivity contribution in [2.75, 3.05) is 50.8 Å². The average Bonchev–Trinajstić information content (AvgIpc) is 2.83. The number of nitrogens with one attached hydrogen (secondary N) is 1. The molecule has 0 aliphatic carbocycles. The zero-order valence-corrected chi connectivity index (χ0v) is 16.5. The second kappa shape index (κ2) is 8.52. The van der Waals surface area contributed by atoms with E-state index in [9.17, 15) is 8.42 Å². The highest BCUT2D eigenvalue weighted by Gasteiger charge is 2.28. The van der Waals surface area contributed by atoms with Crippen molar-refractivity contribution in [2.45, 2.75) is 40.2 Å². The number of hydrogen-bond acceptors (Lipinski definition) is 4. The minimum Gasteiger partial charge on any atom is -0.354 e. The molecule has 0 aromatic rings. The highest BCUT2D eigenvalue weighted by molar-refractivity contribution is 7.91. The Morgan fingerprint density at radius 1 is 1.17 bits per heavy atom. The molecule has 2 saturated heterocycles. The second-order valence-electron chi connectivity index (χ2n) is 7.91. The first-order chi connectivity index (χ1) is 11.2. The van der Waals surface area contributed by atoms with Gasteiger partial charge in [0, 0.05) is 45.3 Å². The molecular formula is C17H34N4O2S. The van der Waals surface area contributed by atoms with E-state index >= 15 is 0 Å². The molecule has 0 aromatic carbocycles. The quantitative estimate of drug-likeness (QED) is 0.588. The molecule has 1 atom stereocenters. The minimum absolute atomic E-state index is 0.182. The van der Waals surface area contributed by atoms with Crippen LogP contribution in [0.2, 0.25) is 0 Å². The molecule has 0 bridgehead atoms. The molecule has 2 rings (SSSR count). The van der Waals surface area contributed by atoms with Crippen LogP contribution in [0.15, 0.2) is 4.99 Å². The topological polar surface area (TPSA) is 65.0 Å². The van der Waals surface area contributed by atoms with Gasteiger partial charge in [-0.25, -0.2) is 8.42 Å². The summed E-state index contributed by atoms with van der Waals surface area (Å²) in [4.78, 5) is 9.60. The fourth-order valence-corrected chi connectivity index (χ4v) is 5.23. The molecule has 0 spiro atoms. The third-order valence-corrected chi connectivity index (χ3v) is 6.38. The molecule has 2 fully saturated rings. The number of aliphatic imine (C=N–C) groups is 1. The fraction of sp³-hybridized carbons (Fsp3) is 0.941. The molecule has 24 heavy (non-hydrogen) atoms. The lowest BCUT2D eigenvalue weighted by atomic mass is 10.1. The summed E-state index contributed by atoms with van der Waals surface area (Å²) in [5, 5.41) is 3.46. The van der Waals surface area contributed by atoms with Crippen molar-refractivity contribution in [3.8, 4) is 0 Å². The number of nitrogens with zero attached hydrogens (tertiary/aromatic N) is 3. The third kappa shape index (κ3) is 6.24.